The fourth-order valence-corrected chi connectivity index (χ4v) is 1.18. The Morgan fingerprint density at radius 1 is 0.867 bits per heavy atom. The molecule has 0 aromatic rings. The van der Waals surface area contributed by atoms with E-state index in [1.54, 1.807) is 0 Å². The Hall–Kier alpha value is -0.200. The van der Waals surface area contributed by atoms with Gasteiger partial charge < -0.3 is 19.7 Å². The van der Waals surface area contributed by atoms with Crippen LogP contribution in [0.1, 0.15) is 6.92 Å². The van der Waals surface area contributed by atoms with Gasteiger partial charge in [-0.3, -0.25) is 4.90 Å². The molecule has 0 fully saturated rings. The topological polar surface area (TPSA) is 62.2 Å². The van der Waals surface area contributed by atoms with Crippen molar-refractivity contribution in [2.75, 3.05) is 59.3 Å². The minimum Gasteiger partial charge on any atom is -0.395 e. The Labute approximate surface area is 91.6 Å². The molecule has 0 saturated heterocycles. The van der Waals surface area contributed by atoms with Crippen LogP contribution < -0.4 is 0 Å². The highest BCUT2D eigenvalue weighted by Gasteiger charge is 2.02. The van der Waals surface area contributed by atoms with Crippen molar-refractivity contribution in [3.8, 4) is 0 Å². The van der Waals surface area contributed by atoms with Crippen LogP contribution in [0.15, 0.2) is 0 Å². The molecule has 0 rings (SSSR count). The molecule has 2 N–H and O–H groups in total. The molecule has 92 valence electrons. The van der Waals surface area contributed by atoms with E-state index in [2.05, 4.69) is 0 Å². The second-order valence-corrected chi connectivity index (χ2v) is 3.10. The largest absolute Gasteiger partial charge is 0.395 e. The predicted molar refractivity (Wildman–Crippen MR) is 57.9 cm³/mol. The van der Waals surface area contributed by atoms with Crippen LogP contribution in [0.25, 0.3) is 0 Å². The lowest BCUT2D eigenvalue weighted by atomic mass is 10.4. The number of nitrogens with zero attached hydrogens (tertiary/aromatic N) is 1. The Morgan fingerprint density at radius 2 is 1.47 bits per heavy atom. The molecule has 0 aliphatic rings. The van der Waals surface area contributed by atoms with E-state index in [9.17, 15) is 0 Å². The van der Waals surface area contributed by atoms with Crippen LogP contribution in [0.2, 0.25) is 0 Å². The van der Waals surface area contributed by atoms with Gasteiger partial charge in [-0.1, -0.05) is 0 Å². The van der Waals surface area contributed by atoms with Crippen LogP contribution in [-0.4, -0.2) is 74.4 Å². The number of ether oxygens (including phenoxy) is 2. The van der Waals surface area contributed by atoms with Gasteiger partial charge in [0.1, 0.15) is 0 Å². The average molecular weight is 221 g/mol. The molecule has 0 aliphatic carbocycles. The van der Waals surface area contributed by atoms with Gasteiger partial charge in [-0.05, 0) is 6.92 Å². The number of aliphatic hydroxyl groups excluding tert-OH is 2. The van der Waals surface area contributed by atoms with E-state index >= 15 is 0 Å². The van der Waals surface area contributed by atoms with Crippen molar-refractivity contribution in [1.82, 2.24) is 4.90 Å². The Morgan fingerprint density at radius 3 is 2.00 bits per heavy atom. The summed E-state index contributed by atoms with van der Waals surface area (Å²) in [6.45, 7) is 6.59. The van der Waals surface area contributed by atoms with Gasteiger partial charge in [-0.2, -0.15) is 0 Å². The summed E-state index contributed by atoms with van der Waals surface area (Å²) >= 11 is 0. The summed E-state index contributed by atoms with van der Waals surface area (Å²) in [6.07, 6.45) is 0. The van der Waals surface area contributed by atoms with Crippen molar-refractivity contribution in [3.05, 3.63) is 0 Å². The summed E-state index contributed by atoms with van der Waals surface area (Å²) in [4.78, 5) is 1.96. The molecule has 0 aromatic heterocycles. The number of aliphatic hydroxyl groups is 2. The summed E-state index contributed by atoms with van der Waals surface area (Å²) < 4.78 is 10.4. The van der Waals surface area contributed by atoms with E-state index < -0.39 is 0 Å². The molecule has 0 unspecified atom stereocenters. The minimum atomic E-state index is 0.110. The average Bonchev–Trinajstić information content (AvgIpc) is 2.24. The molecule has 15 heavy (non-hydrogen) atoms. The monoisotopic (exact) mass is 221 g/mol. The molecular formula is C10H23NO4. The van der Waals surface area contributed by atoms with Gasteiger partial charge in [-0.25, -0.2) is 0 Å². The van der Waals surface area contributed by atoms with Crippen LogP contribution >= 0.6 is 0 Å². The van der Waals surface area contributed by atoms with Crippen LogP contribution in [0.5, 0.6) is 0 Å². The molecule has 0 aliphatic heterocycles. The van der Waals surface area contributed by atoms with Gasteiger partial charge >= 0.3 is 0 Å². The highest BCUT2D eigenvalue weighted by atomic mass is 16.5. The van der Waals surface area contributed by atoms with Crippen LogP contribution in [0.3, 0.4) is 0 Å². The van der Waals surface area contributed by atoms with Crippen molar-refractivity contribution in [2.24, 2.45) is 0 Å². The van der Waals surface area contributed by atoms with Crippen molar-refractivity contribution in [2.45, 2.75) is 6.92 Å². The standard InChI is InChI=1S/C10H23NO4/c1-2-14-9-10-15-8-5-11(3-6-12)4-7-13/h12-13H,2-10H2,1H3. The lowest BCUT2D eigenvalue weighted by Gasteiger charge is -2.19. The molecule has 0 amide bonds. The summed E-state index contributed by atoms with van der Waals surface area (Å²) in [6, 6.07) is 0. The molecular weight excluding hydrogens is 198 g/mol. The number of hydrogen-bond donors (Lipinski definition) is 2. The first-order valence-electron chi connectivity index (χ1n) is 5.44. The molecule has 0 bridgehead atoms. The van der Waals surface area contributed by atoms with E-state index in [-0.39, 0.29) is 13.2 Å². The smallest absolute Gasteiger partial charge is 0.0701 e. The fraction of sp³-hybridized carbons (Fsp3) is 1.00. The quantitative estimate of drug-likeness (QED) is 0.453. The maximum absolute atomic E-state index is 8.75. The van der Waals surface area contributed by atoms with Crippen molar-refractivity contribution in [3.63, 3.8) is 0 Å². The first kappa shape index (κ1) is 14.8. The lowest BCUT2D eigenvalue weighted by Crippen LogP contribution is -2.33. The molecule has 0 radical (unpaired) electrons. The third kappa shape index (κ3) is 10.1. The summed E-state index contributed by atoms with van der Waals surface area (Å²) in [5, 5.41) is 17.5. The van der Waals surface area contributed by atoms with E-state index in [0.717, 1.165) is 6.54 Å². The van der Waals surface area contributed by atoms with E-state index in [0.29, 0.717) is 39.5 Å². The second-order valence-electron chi connectivity index (χ2n) is 3.10. The zero-order valence-electron chi connectivity index (χ0n) is 9.52. The Kier molecular flexibility index (Phi) is 11.7. The van der Waals surface area contributed by atoms with Crippen molar-refractivity contribution in [1.29, 1.82) is 0 Å². The third-order valence-corrected chi connectivity index (χ3v) is 1.96. The first-order chi connectivity index (χ1) is 7.35. The van der Waals surface area contributed by atoms with Gasteiger partial charge in [0, 0.05) is 26.2 Å². The maximum atomic E-state index is 8.75. The van der Waals surface area contributed by atoms with Gasteiger partial charge in [0.25, 0.3) is 0 Å². The molecule has 5 nitrogen and oxygen atoms in total. The fourth-order valence-electron chi connectivity index (χ4n) is 1.18. The first-order valence-corrected chi connectivity index (χ1v) is 5.44. The molecule has 5 heteroatoms. The number of rotatable bonds is 11. The summed E-state index contributed by atoms with van der Waals surface area (Å²) in [5.41, 5.74) is 0. The van der Waals surface area contributed by atoms with Gasteiger partial charge in [0.15, 0.2) is 0 Å². The molecule has 0 saturated carbocycles. The van der Waals surface area contributed by atoms with Gasteiger partial charge in [0.2, 0.25) is 0 Å². The highest BCUT2D eigenvalue weighted by molar-refractivity contribution is 4.55. The van der Waals surface area contributed by atoms with Crippen LogP contribution in [0.4, 0.5) is 0 Å². The predicted octanol–water partition coefficient (Wildman–Crippen LogP) is -0.674. The maximum Gasteiger partial charge on any atom is 0.0701 e. The second kappa shape index (κ2) is 11.9. The Bertz CT molecular complexity index is 118. The SMILES string of the molecule is CCOCCOCCN(CCO)CCO. The van der Waals surface area contributed by atoms with Gasteiger partial charge in [0.05, 0.1) is 33.0 Å². The van der Waals surface area contributed by atoms with Crippen LogP contribution in [0, 0.1) is 0 Å². The lowest BCUT2D eigenvalue weighted by molar-refractivity contribution is 0.0386. The molecule has 0 atom stereocenters. The summed E-state index contributed by atoms with van der Waals surface area (Å²) in [7, 11) is 0. The van der Waals surface area contributed by atoms with Crippen molar-refractivity contribution < 1.29 is 19.7 Å². The van der Waals surface area contributed by atoms with E-state index in [4.69, 9.17) is 19.7 Å². The van der Waals surface area contributed by atoms with Gasteiger partial charge in [-0.15, -0.1) is 0 Å². The van der Waals surface area contributed by atoms with Crippen LogP contribution in [-0.2, 0) is 9.47 Å². The normalized spacial score (nSPS) is 11.2. The minimum absolute atomic E-state index is 0.110. The highest BCUT2D eigenvalue weighted by Crippen LogP contribution is 1.88. The molecule has 0 spiro atoms. The molecule has 0 heterocycles. The van der Waals surface area contributed by atoms with E-state index in [1.165, 1.54) is 0 Å². The molecule has 0 aromatic carbocycles. The zero-order chi connectivity index (χ0) is 11.4. The Balaban J connectivity index is 3.28. The third-order valence-electron chi connectivity index (χ3n) is 1.96. The van der Waals surface area contributed by atoms with Crippen molar-refractivity contribution >= 4 is 0 Å². The number of hydrogen-bond acceptors (Lipinski definition) is 5. The summed E-state index contributed by atoms with van der Waals surface area (Å²) in [5.74, 6) is 0. The zero-order valence-corrected chi connectivity index (χ0v) is 9.52. The van der Waals surface area contributed by atoms with E-state index in [1.807, 2.05) is 11.8 Å².